The standard InChI is InChI=1S/C13H9FO7S2/c14-11-5-4-9(7-12(11)23(19,20)21)13(15)8-2-1-3-10(6-8)22(16,17)18/h1-7H,(H,16,17,18)(H,19,20,21). The van der Waals surface area contributed by atoms with Crippen LogP contribution in [0.4, 0.5) is 4.39 Å². The van der Waals surface area contributed by atoms with E-state index in [-0.39, 0.29) is 11.1 Å². The first kappa shape index (κ1) is 17.2. The Morgan fingerprint density at radius 1 is 0.870 bits per heavy atom. The van der Waals surface area contributed by atoms with Gasteiger partial charge in [-0.1, -0.05) is 12.1 Å². The average molecular weight is 360 g/mol. The van der Waals surface area contributed by atoms with E-state index in [1.165, 1.54) is 12.1 Å². The first-order chi connectivity index (χ1) is 10.5. The summed E-state index contributed by atoms with van der Waals surface area (Å²) in [5, 5.41) is 0. The first-order valence-corrected chi connectivity index (χ1v) is 8.77. The molecule has 0 aliphatic heterocycles. The van der Waals surface area contributed by atoms with E-state index in [2.05, 4.69) is 0 Å². The van der Waals surface area contributed by atoms with Gasteiger partial charge in [0.1, 0.15) is 10.7 Å². The van der Waals surface area contributed by atoms with Crippen molar-refractivity contribution in [2.75, 3.05) is 0 Å². The van der Waals surface area contributed by atoms with Crippen molar-refractivity contribution in [2.24, 2.45) is 0 Å². The zero-order valence-corrected chi connectivity index (χ0v) is 12.8. The number of carbonyl (C=O) groups is 1. The topological polar surface area (TPSA) is 126 Å². The molecule has 0 saturated heterocycles. The Morgan fingerprint density at radius 3 is 2.04 bits per heavy atom. The first-order valence-electron chi connectivity index (χ1n) is 5.89. The van der Waals surface area contributed by atoms with E-state index in [1.807, 2.05) is 0 Å². The summed E-state index contributed by atoms with van der Waals surface area (Å²) in [6.07, 6.45) is 0. The van der Waals surface area contributed by atoms with Gasteiger partial charge in [0.2, 0.25) is 0 Å². The number of halogens is 1. The van der Waals surface area contributed by atoms with Gasteiger partial charge in [0.25, 0.3) is 20.2 Å². The number of hydrogen-bond donors (Lipinski definition) is 2. The molecular weight excluding hydrogens is 351 g/mol. The van der Waals surface area contributed by atoms with Crippen molar-refractivity contribution >= 4 is 26.0 Å². The van der Waals surface area contributed by atoms with Crippen LogP contribution in [-0.4, -0.2) is 31.7 Å². The van der Waals surface area contributed by atoms with Gasteiger partial charge in [-0.05, 0) is 30.3 Å². The zero-order chi connectivity index (χ0) is 17.4. The fraction of sp³-hybridized carbons (Fsp3) is 0. The molecule has 0 amide bonds. The van der Waals surface area contributed by atoms with Crippen molar-refractivity contribution in [3.8, 4) is 0 Å². The minimum absolute atomic E-state index is 0.173. The predicted octanol–water partition coefficient (Wildman–Crippen LogP) is 1.55. The molecule has 122 valence electrons. The van der Waals surface area contributed by atoms with Crippen LogP contribution < -0.4 is 0 Å². The molecule has 0 radical (unpaired) electrons. The highest BCUT2D eigenvalue weighted by Crippen LogP contribution is 2.20. The maximum Gasteiger partial charge on any atom is 0.297 e. The fourth-order valence-corrected chi connectivity index (χ4v) is 2.92. The lowest BCUT2D eigenvalue weighted by molar-refractivity contribution is 0.103. The third kappa shape index (κ3) is 3.79. The van der Waals surface area contributed by atoms with E-state index in [1.54, 1.807) is 0 Å². The SMILES string of the molecule is O=C(c1cccc(S(=O)(=O)O)c1)c1ccc(F)c(S(=O)(=O)O)c1. The monoisotopic (exact) mass is 360 g/mol. The minimum Gasteiger partial charge on any atom is -0.289 e. The Balaban J connectivity index is 2.54. The lowest BCUT2D eigenvalue weighted by Crippen LogP contribution is -2.08. The normalized spacial score (nSPS) is 12.1. The Hall–Kier alpha value is -2.14. The van der Waals surface area contributed by atoms with Crippen molar-refractivity contribution < 1.29 is 35.1 Å². The van der Waals surface area contributed by atoms with Crippen molar-refractivity contribution in [3.63, 3.8) is 0 Å². The summed E-state index contributed by atoms with van der Waals surface area (Å²) in [6, 6.07) is 6.66. The highest BCUT2D eigenvalue weighted by Gasteiger charge is 2.20. The fourth-order valence-electron chi connectivity index (χ4n) is 1.81. The molecule has 7 nitrogen and oxygen atoms in total. The lowest BCUT2D eigenvalue weighted by Gasteiger charge is -2.05. The molecule has 10 heteroatoms. The van der Waals surface area contributed by atoms with Crippen molar-refractivity contribution in [1.82, 2.24) is 0 Å². The van der Waals surface area contributed by atoms with Gasteiger partial charge in [0.15, 0.2) is 5.78 Å². The third-order valence-electron chi connectivity index (χ3n) is 2.87. The Bertz CT molecular complexity index is 995. The largest absolute Gasteiger partial charge is 0.297 e. The summed E-state index contributed by atoms with van der Waals surface area (Å²) >= 11 is 0. The second kappa shape index (κ2) is 5.81. The molecule has 2 aromatic carbocycles. The summed E-state index contributed by atoms with van der Waals surface area (Å²) in [5.41, 5.74) is -0.459. The Kier molecular flexibility index (Phi) is 4.35. The molecule has 23 heavy (non-hydrogen) atoms. The molecule has 2 rings (SSSR count). The van der Waals surface area contributed by atoms with Crippen LogP contribution in [0.15, 0.2) is 52.3 Å². The van der Waals surface area contributed by atoms with E-state index in [9.17, 15) is 26.0 Å². The second-order valence-electron chi connectivity index (χ2n) is 4.45. The van der Waals surface area contributed by atoms with E-state index in [4.69, 9.17) is 9.11 Å². The zero-order valence-electron chi connectivity index (χ0n) is 11.2. The number of hydrogen-bond acceptors (Lipinski definition) is 5. The number of benzene rings is 2. The molecule has 0 saturated carbocycles. The number of rotatable bonds is 4. The van der Waals surface area contributed by atoms with Crippen LogP contribution in [0.25, 0.3) is 0 Å². The number of carbonyl (C=O) groups excluding carboxylic acids is 1. The maximum atomic E-state index is 13.4. The predicted molar refractivity (Wildman–Crippen MR) is 75.9 cm³/mol. The lowest BCUT2D eigenvalue weighted by atomic mass is 10.0. The summed E-state index contributed by atoms with van der Waals surface area (Å²) in [7, 11) is -9.39. The quantitative estimate of drug-likeness (QED) is 0.626. The van der Waals surface area contributed by atoms with Crippen molar-refractivity contribution in [3.05, 3.63) is 59.4 Å². The van der Waals surface area contributed by atoms with Gasteiger partial charge >= 0.3 is 0 Å². The molecule has 2 aromatic rings. The molecule has 0 aliphatic rings. The highest BCUT2D eigenvalue weighted by atomic mass is 32.2. The molecule has 0 bridgehead atoms. The van der Waals surface area contributed by atoms with E-state index >= 15 is 0 Å². The van der Waals surface area contributed by atoms with Gasteiger partial charge in [-0.3, -0.25) is 13.9 Å². The smallest absolute Gasteiger partial charge is 0.289 e. The molecule has 0 spiro atoms. The number of ketones is 1. The van der Waals surface area contributed by atoms with Crippen LogP contribution in [0.3, 0.4) is 0 Å². The second-order valence-corrected chi connectivity index (χ2v) is 7.26. The van der Waals surface area contributed by atoms with Crippen LogP contribution >= 0.6 is 0 Å². The molecule has 0 fully saturated rings. The van der Waals surface area contributed by atoms with Crippen molar-refractivity contribution in [2.45, 2.75) is 9.79 Å². The average Bonchev–Trinajstić information content (AvgIpc) is 2.45. The Labute approximate surface area is 130 Å². The third-order valence-corrected chi connectivity index (χ3v) is 4.58. The van der Waals surface area contributed by atoms with Crippen LogP contribution in [0.5, 0.6) is 0 Å². The Morgan fingerprint density at radius 2 is 1.48 bits per heavy atom. The highest BCUT2D eigenvalue weighted by molar-refractivity contribution is 7.86. The molecule has 0 unspecified atom stereocenters. The van der Waals surface area contributed by atoms with E-state index in [0.29, 0.717) is 12.1 Å². The molecule has 0 aromatic heterocycles. The minimum atomic E-state index is -4.87. The van der Waals surface area contributed by atoms with Gasteiger partial charge in [0.05, 0.1) is 4.90 Å². The van der Waals surface area contributed by atoms with Crippen LogP contribution in [0.2, 0.25) is 0 Å². The summed E-state index contributed by atoms with van der Waals surface area (Å²) < 4.78 is 75.4. The van der Waals surface area contributed by atoms with E-state index in [0.717, 1.165) is 18.2 Å². The van der Waals surface area contributed by atoms with Gasteiger partial charge in [-0.15, -0.1) is 0 Å². The summed E-state index contributed by atoms with van der Waals surface area (Å²) in [6.45, 7) is 0. The molecule has 0 atom stereocenters. The molecule has 0 heterocycles. The van der Waals surface area contributed by atoms with Gasteiger partial charge < -0.3 is 0 Å². The molecular formula is C13H9FO7S2. The van der Waals surface area contributed by atoms with Crippen LogP contribution in [0, 0.1) is 5.82 Å². The van der Waals surface area contributed by atoms with Crippen molar-refractivity contribution in [1.29, 1.82) is 0 Å². The maximum absolute atomic E-state index is 13.4. The van der Waals surface area contributed by atoms with E-state index < -0.39 is 41.6 Å². The van der Waals surface area contributed by atoms with Gasteiger partial charge in [0, 0.05) is 11.1 Å². The van der Waals surface area contributed by atoms with Gasteiger partial charge in [-0.2, -0.15) is 16.8 Å². The summed E-state index contributed by atoms with van der Waals surface area (Å²) in [5.74, 6) is -2.06. The van der Waals surface area contributed by atoms with Gasteiger partial charge in [-0.25, -0.2) is 4.39 Å². The molecule has 2 N–H and O–H groups in total. The van der Waals surface area contributed by atoms with Crippen LogP contribution in [-0.2, 0) is 20.2 Å². The molecule has 0 aliphatic carbocycles. The summed E-state index contributed by atoms with van der Waals surface area (Å²) in [4.78, 5) is 10.6. The van der Waals surface area contributed by atoms with Crippen LogP contribution in [0.1, 0.15) is 15.9 Å².